The summed E-state index contributed by atoms with van der Waals surface area (Å²) >= 11 is 5.57. The van der Waals surface area contributed by atoms with Crippen molar-refractivity contribution in [2.24, 2.45) is 7.05 Å². The van der Waals surface area contributed by atoms with Crippen molar-refractivity contribution in [3.63, 3.8) is 0 Å². The maximum atomic E-state index is 11.3. The van der Waals surface area contributed by atoms with E-state index < -0.39 is 0 Å². The van der Waals surface area contributed by atoms with Gasteiger partial charge in [0, 0.05) is 26.0 Å². The van der Waals surface area contributed by atoms with Crippen LogP contribution in [0.25, 0.3) is 11.1 Å². The minimum absolute atomic E-state index is 0.333. The minimum Gasteiger partial charge on any atom is -0.408 e. The molecule has 86 valence electrons. The zero-order valence-corrected chi connectivity index (χ0v) is 9.75. The molecule has 0 aliphatic rings. The molecule has 0 radical (unpaired) electrons. The highest BCUT2D eigenvalue weighted by molar-refractivity contribution is 6.18. The monoisotopic (exact) mass is 240 g/mol. The topological polar surface area (TPSA) is 47.2 Å². The molecule has 0 unspecified atom stereocenters. The number of oxazole rings is 1. The number of nitrogens with zero attached hydrogens (tertiary/aromatic N) is 1. The molecule has 0 spiro atoms. The van der Waals surface area contributed by atoms with Crippen LogP contribution >= 0.6 is 11.6 Å². The fourth-order valence-electron chi connectivity index (χ4n) is 1.58. The summed E-state index contributed by atoms with van der Waals surface area (Å²) in [6.07, 6.45) is 0. The summed E-state index contributed by atoms with van der Waals surface area (Å²) in [5.41, 5.74) is 2.54. The van der Waals surface area contributed by atoms with E-state index in [-0.39, 0.29) is 5.76 Å². The number of aryl methyl sites for hydroxylation is 1. The molecule has 0 saturated carbocycles. The molecule has 4 nitrogen and oxygen atoms in total. The number of nitrogens with one attached hydrogen (secondary N) is 1. The van der Waals surface area contributed by atoms with Gasteiger partial charge in [0.25, 0.3) is 0 Å². The summed E-state index contributed by atoms with van der Waals surface area (Å²) < 4.78 is 6.55. The molecular formula is C11H13ClN2O2. The molecule has 2 rings (SSSR count). The number of alkyl halides is 1. The number of fused-ring (bicyclic) bond motifs is 1. The van der Waals surface area contributed by atoms with Crippen LogP contribution in [0.4, 0.5) is 0 Å². The largest absolute Gasteiger partial charge is 0.419 e. The van der Waals surface area contributed by atoms with Gasteiger partial charge in [0.1, 0.15) is 0 Å². The second-order valence-electron chi connectivity index (χ2n) is 3.59. The summed E-state index contributed by atoms with van der Waals surface area (Å²) in [6, 6.07) is 5.70. The third-order valence-corrected chi connectivity index (χ3v) is 2.65. The van der Waals surface area contributed by atoms with Crippen molar-refractivity contribution in [1.82, 2.24) is 9.88 Å². The van der Waals surface area contributed by atoms with Crippen LogP contribution in [0.1, 0.15) is 5.56 Å². The van der Waals surface area contributed by atoms with Gasteiger partial charge in [0.15, 0.2) is 5.58 Å². The molecule has 0 saturated heterocycles. The number of hydrogen-bond donors (Lipinski definition) is 1. The normalized spacial score (nSPS) is 11.1. The van der Waals surface area contributed by atoms with Crippen LogP contribution < -0.4 is 11.1 Å². The van der Waals surface area contributed by atoms with Crippen LogP contribution in [-0.2, 0) is 13.6 Å². The van der Waals surface area contributed by atoms with Gasteiger partial charge in [-0.15, -0.1) is 11.6 Å². The van der Waals surface area contributed by atoms with Crippen LogP contribution in [0.15, 0.2) is 27.4 Å². The predicted octanol–water partition coefficient (Wildman–Crippen LogP) is 1.46. The average Bonchev–Trinajstić information content (AvgIpc) is 2.56. The van der Waals surface area contributed by atoms with E-state index in [0.29, 0.717) is 11.5 Å². The number of hydrogen-bond acceptors (Lipinski definition) is 3. The molecule has 1 aromatic heterocycles. The van der Waals surface area contributed by atoms with E-state index in [1.807, 2.05) is 18.2 Å². The zero-order valence-electron chi connectivity index (χ0n) is 9.00. The van der Waals surface area contributed by atoms with E-state index in [4.69, 9.17) is 16.0 Å². The lowest BCUT2D eigenvalue weighted by atomic mass is 10.2. The second-order valence-corrected chi connectivity index (χ2v) is 3.97. The lowest BCUT2D eigenvalue weighted by Gasteiger charge is -2.02. The molecule has 16 heavy (non-hydrogen) atoms. The molecule has 0 bridgehead atoms. The van der Waals surface area contributed by atoms with Gasteiger partial charge in [0.05, 0.1) is 5.52 Å². The minimum atomic E-state index is -0.333. The van der Waals surface area contributed by atoms with Crippen LogP contribution in [-0.4, -0.2) is 17.0 Å². The van der Waals surface area contributed by atoms with Gasteiger partial charge in [-0.3, -0.25) is 4.57 Å². The van der Waals surface area contributed by atoms with Gasteiger partial charge >= 0.3 is 5.76 Å². The second kappa shape index (κ2) is 4.72. The fraction of sp³-hybridized carbons (Fsp3) is 0.364. The van der Waals surface area contributed by atoms with E-state index in [1.165, 1.54) is 4.57 Å². The van der Waals surface area contributed by atoms with E-state index >= 15 is 0 Å². The van der Waals surface area contributed by atoms with Crippen molar-refractivity contribution in [2.45, 2.75) is 6.54 Å². The van der Waals surface area contributed by atoms with E-state index in [2.05, 4.69) is 5.32 Å². The smallest absolute Gasteiger partial charge is 0.408 e. The Balaban J connectivity index is 2.28. The van der Waals surface area contributed by atoms with Crippen molar-refractivity contribution < 1.29 is 4.42 Å². The number of aromatic nitrogens is 1. The molecule has 0 amide bonds. The third kappa shape index (κ3) is 2.13. The molecule has 5 heteroatoms. The van der Waals surface area contributed by atoms with Crippen molar-refractivity contribution in [2.75, 3.05) is 12.4 Å². The Hall–Kier alpha value is -1.26. The Labute approximate surface area is 97.8 Å². The van der Waals surface area contributed by atoms with Crippen molar-refractivity contribution in [3.8, 4) is 0 Å². The van der Waals surface area contributed by atoms with Crippen molar-refractivity contribution in [1.29, 1.82) is 0 Å². The molecule has 1 heterocycles. The number of halogens is 1. The maximum Gasteiger partial charge on any atom is 0.419 e. The van der Waals surface area contributed by atoms with Crippen molar-refractivity contribution in [3.05, 3.63) is 34.3 Å². The first kappa shape index (κ1) is 11.2. The quantitative estimate of drug-likeness (QED) is 0.650. The summed E-state index contributed by atoms with van der Waals surface area (Å²) in [7, 11) is 1.70. The highest BCUT2D eigenvalue weighted by Gasteiger charge is 2.05. The summed E-state index contributed by atoms with van der Waals surface area (Å²) in [5, 5.41) is 3.19. The van der Waals surface area contributed by atoms with Gasteiger partial charge < -0.3 is 9.73 Å². The van der Waals surface area contributed by atoms with Gasteiger partial charge in [-0.2, -0.15) is 0 Å². The summed E-state index contributed by atoms with van der Waals surface area (Å²) in [6.45, 7) is 1.51. The van der Waals surface area contributed by atoms with Crippen LogP contribution in [0, 0.1) is 0 Å². The number of rotatable bonds is 4. The number of benzene rings is 1. The maximum absolute atomic E-state index is 11.3. The SMILES string of the molecule is Cn1c(=O)oc2ccc(CNCCCl)cc21. The standard InChI is InChI=1S/C11H13ClN2O2/c1-14-9-6-8(7-13-5-4-12)2-3-10(9)16-11(14)15/h2-3,6,13H,4-5,7H2,1H3. The molecule has 2 aromatic rings. The van der Waals surface area contributed by atoms with Gasteiger partial charge in [-0.25, -0.2) is 4.79 Å². The first-order chi connectivity index (χ1) is 7.72. The van der Waals surface area contributed by atoms with E-state index in [9.17, 15) is 4.79 Å². The Bertz CT molecular complexity index is 544. The molecule has 0 aliphatic heterocycles. The predicted molar refractivity (Wildman–Crippen MR) is 63.9 cm³/mol. The summed E-state index contributed by atoms with van der Waals surface area (Å²) in [5.74, 6) is 0.257. The van der Waals surface area contributed by atoms with Gasteiger partial charge in [0.2, 0.25) is 0 Å². The lowest BCUT2D eigenvalue weighted by Crippen LogP contribution is -2.15. The first-order valence-corrected chi connectivity index (χ1v) is 5.61. The lowest BCUT2D eigenvalue weighted by molar-refractivity contribution is 0.528. The Kier molecular flexibility index (Phi) is 3.31. The third-order valence-electron chi connectivity index (χ3n) is 2.46. The molecule has 0 aliphatic carbocycles. The summed E-state index contributed by atoms with van der Waals surface area (Å²) in [4.78, 5) is 11.3. The van der Waals surface area contributed by atoms with E-state index in [0.717, 1.165) is 24.2 Å². The highest BCUT2D eigenvalue weighted by Crippen LogP contribution is 2.13. The molecule has 0 atom stereocenters. The highest BCUT2D eigenvalue weighted by atomic mass is 35.5. The molecule has 0 fully saturated rings. The van der Waals surface area contributed by atoms with Gasteiger partial charge in [-0.1, -0.05) is 6.07 Å². The van der Waals surface area contributed by atoms with E-state index in [1.54, 1.807) is 7.05 Å². The first-order valence-electron chi connectivity index (χ1n) is 5.07. The molecule has 1 N–H and O–H groups in total. The fourth-order valence-corrected chi connectivity index (χ4v) is 1.72. The Morgan fingerprint density at radius 3 is 3.06 bits per heavy atom. The average molecular weight is 241 g/mol. The van der Waals surface area contributed by atoms with Crippen molar-refractivity contribution >= 4 is 22.7 Å². The van der Waals surface area contributed by atoms with Crippen LogP contribution in [0.5, 0.6) is 0 Å². The molecule has 1 aromatic carbocycles. The molecular weight excluding hydrogens is 228 g/mol. The Morgan fingerprint density at radius 2 is 2.31 bits per heavy atom. The Morgan fingerprint density at radius 1 is 1.50 bits per heavy atom. The van der Waals surface area contributed by atoms with Crippen LogP contribution in [0.2, 0.25) is 0 Å². The van der Waals surface area contributed by atoms with Crippen LogP contribution in [0.3, 0.4) is 0 Å². The van der Waals surface area contributed by atoms with Gasteiger partial charge in [-0.05, 0) is 17.7 Å². The zero-order chi connectivity index (χ0) is 11.5.